The summed E-state index contributed by atoms with van der Waals surface area (Å²) in [5, 5.41) is 22.0. The number of thioether (sulfide) groups is 1. The lowest BCUT2D eigenvalue weighted by Crippen LogP contribution is -2.48. The van der Waals surface area contributed by atoms with Gasteiger partial charge in [0.25, 0.3) is 5.56 Å². The average molecular weight is 513 g/mol. The van der Waals surface area contributed by atoms with E-state index in [1.807, 2.05) is 34.9 Å². The van der Waals surface area contributed by atoms with Crippen LogP contribution in [-0.2, 0) is 20.6 Å². The summed E-state index contributed by atoms with van der Waals surface area (Å²) in [7, 11) is 3.12. The summed E-state index contributed by atoms with van der Waals surface area (Å²) in [6, 6.07) is 9.65. The minimum atomic E-state index is -0.409. The number of imidazole rings is 1. The van der Waals surface area contributed by atoms with Crippen molar-refractivity contribution in [2.75, 3.05) is 50.0 Å². The molecule has 3 aromatic heterocycles. The van der Waals surface area contributed by atoms with Crippen LogP contribution in [0.1, 0.15) is 0 Å². The molecule has 1 fully saturated rings. The molecule has 0 amide bonds. The van der Waals surface area contributed by atoms with Crippen LogP contribution in [0.3, 0.4) is 0 Å². The quantitative estimate of drug-likeness (QED) is 0.303. The molecule has 13 nitrogen and oxygen atoms in total. The van der Waals surface area contributed by atoms with Crippen LogP contribution in [0.15, 0.2) is 45.1 Å². The summed E-state index contributed by atoms with van der Waals surface area (Å²) < 4.78 is 6.12. The fraction of sp³-hybridized carbons (Fsp3) is 0.455. The topological polar surface area (TPSA) is 132 Å². The normalized spacial score (nSPS) is 14.7. The third-order valence-electron chi connectivity index (χ3n) is 6.39. The minimum Gasteiger partial charge on any atom is -0.395 e. The average Bonchev–Trinajstić information content (AvgIpc) is 3.53. The van der Waals surface area contributed by atoms with Crippen molar-refractivity contribution >= 4 is 28.9 Å². The number of aliphatic hydroxyl groups excluding tert-OH is 1. The van der Waals surface area contributed by atoms with Gasteiger partial charge in [0, 0.05) is 59.1 Å². The molecule has 0 bridgehead atoms. The minimum absolute atomic E-state index is 0.121. The summed E-state index contributed by atoms with van der Waals surface area (Å²) in [5.74, 6) is 1.25. The molecule has 4 heterocycles. The van der Waals surface area contributed by atoms with Crippen molar-refractivity contribution in [3.05, 3.63) is 51.2 Å². The second-order valence-corrected chi connectivity index (χ2v) is 9.61. The van der Waals surface area contributed by atoms with Gasteiger partial charge in [-0.15, -0.1) is 5.10 Å². The second-order valence-electron chi connectivity index (χ2n) is 8.55. The highest BCUT2D eigenvalue weighted by atomic mass is 32.2. The van der Waals surface area contributed by atoms with E-state index in [1.165, 1.54) is 23.4 Å². The zero-order valence-corrected chi connectivity index (χ0v) is 21.0. The molecule has 1 aliphatic rings. The first-order chi connectivity index (χ1) is 17.5. The molecular formula is C22H28N10O3S. The van der Waals surface area contributed by atoms with Gasteiger partial charge in [0.1, 0.15) is 0 Å². The number of aryl methyl sites for hydroxylation is 2. The predicted molar refractivity (Wildman–Crippen MR) is 136 cm³/mol. The lowest BCUT2D eigenvalue weighted by atomic mass is 10.3. The Kier molecular flexibility index (Phi) is 6.89. The van der Waals surface area contributed by atoms with Crippen LogP contribution in [0.4, 0.5) is 5.95 Å². The van der Waals surface area contributed by atoms with E-state index in [2.05, 4.69) is 25.3 Å². The lowest BCUT2D eigenvalue weighted by molar-refractivity contribution is 0.188. The molecule has 14 heteroatoms. The lowest BCUT2D eigenvalue weighted by Gasteiger charge is -2.35. The van der Waals surface area contributed by atoms with Gasteiger partial charge >= 0.3 is 5.69 Å². The molecule has 5 rings (SSSR count). The number of benzene rings is 1. The summed E-state index contributed by atoms with van der Waals surface area (Å²) in [5.41, 5.74) is 0.854. The van der Waals surface area contributed by atoms with Crippen LogP contribution in [0.25, 0.3) is 16.9 Å². The highest BCUT2D eigenvalue weighted by Gasteiger charge is 2.25. The van der Waals surface area contributed by atoms with Gasteiger partial charge in [-0.25, -0.2) is 4.79 Å². The smallest absolute Gasteiger partial charge is 0.332 e. The number of β-amino-alcohol motifs (C(OH)–C–C–N with tert-alkyl or cyclic N) is 1. The molecule has 0 saturated carbocycles. The van der Waals surface area contributed by atoms with E-state index in [0.29, 0.717) is 54.2 Å². The maximum Gasteiger partial charge on any atom is 0.332 e. The summed E-state index contributed by atoms with van der Waals surface area (Å²) in [6.45, 7) is 4.20. The Morgan fingerprint density at radius 2 is 1.75 bits per heavy atom. The molecule has 0 unspecified atom stereocenters. The highest BCUT2D eigenvalue weighted by molar-refractivity contribution is 7.99. The van der Waals surface area contributed by atoms with Crippen molar-refractivity contribution < 1.29 is 5.11 Å². The molecule has 0 radical (unpaired) electrons. The van der Waals surface area contributed by atoms with Crippen molar-refractivity contribution in [2.45, 2.75) is 11.7 Å². The van der Waals surface area contributed by atoms with Gasteiger partial charge in [0.2, 0.25) is 11.1 Å². The summed E-state index contributed by atoms with van der Waals surface area (Å²) >= 11 is 1.48. The third kappa shape index (κ3) is 4.42. The fourth-order valence-corrected chi connectivity index (χ4v) is 5.24. The van der Waals surface area contributed by atoms with E-state index in [0.717, 1.165) is 23.3 Å². The number of rotatable bonds is 8. The highest BCUT2D eigenvalue weighted by Crippen LogP contribution is 2.24. The summed E-state index contributed by atoms with van der Waals surface area (Å²) in [4.78, 5) is 34.8. The van der Waals surface area contributed by atoms with Crippen molar-refractivity contribution in [2.24, 2.45) is 14.1 Å². The molecule has 0 aliphatic carbocycles. The number of anilines is 1. The number of nitrogens with zero attached hydrogens (tertiary/aromatic N) is 10. The van der Waals surface area contributed by atoms with Gasteiger partial charge in [-0.05, 0) is 22.6 Å². The molecule has 0 spiro atoms. The Balaban J connectivity index is 1.46. The first-order valence-electron chi connectivity index (χ1n) is 11.7. The largest absolute Gasteiger partial charge is 0.395 e. The van der Waals surface area contributed by atoms with Crippen LogP contribution in [0, 0.1) is 0 Å². The molecular weight excluding hydrogens is 484 g/mol. The predicted octanol–water partition coefficient (Wildman–Crippen LogP) is -0.684. The zero-order valence-electron chi connectivity index (χ0n) is 20.2. The van der Waals surface area contributed by atoms with Crippen molar-refractivity contribution in [1.29, 1.82) is 0 Å². The Morgan fingerprint density at radius 3 is 2.47 bits per heavy atom. The Bertz CT molecular complexity index is 1470. The van der Waals surface area contributed by atoms with Gasteiger partial charge in [-0.1, -0.05) is 30.0 Å². The Hall–Kier alpha value is -3.49. The van der Waals surface area contributed by atoms with Gasteiger partial charge in [-0.3, -0.25) is 18.8 Å². The standard InChI is InChI=1S/C22H28N10O3S/c1-27-18-17(19(34)28(2)22(27)35)31(20(23-18)30-10-8-29(9-11-30)12-14-33)13-15-36-21-24-25-26-32(21)16-6-4-3-5-7-16/h3-7,33H,8-15H2,1-2H3. The van der Waals surface area contributed by atoms with Gasteiger partial charge < -0.3 is 14.6 Å². The van der Waals surface area contributed by atoms with E-state index >= 15 is 0 Å². The maximum atomic E-state index is 13.2. The number of hydrogen-bond acceptors (Lipinski definition) is 10. The summed E-state index contributed by atoms with van der Waals surface area (Å²) in [6.07, 6.45) is 0. The molecule has 36 heavy (non-hydrogen) atoms. The van der Waals surface area contributed by atoms with Crippen LogP contribution in [-0.4, -0.2) is 94.0 Å². The van der Waals surface area contributed by atoms with E-state index in [4.69, 9.17) is 4.98 Å². The van der Waals surface area contributed by atoms with Crippen molar-refractivity contribution in [3.63, 3.8) is 0 Å². The number of aromatic nitrogens is 8. The van der Waals surface area contributed by atoms with Gasteiger partial charge in [0.05, 0.1) is 12.3 Å². The van der Waals surface area contributed by atoms with Crippen LogP contribution in [0.2, 0.25) is 0 Å². The zero-order chi connectivity index (χ0) is 25.2. The van der Waals surface area contributed by atoms with Gasteiger partial charge in [-0.2, -0.15) is 9.67 Å². The van der Waals surface area contributed by atoms with E-state index in [1.54, 1.807) is 11.7 Å². The SMILES string of the molecule is Cn1c(=O)c2c(nc(N3CCN(CCO)CC3)n2CCSc2nnnn2-c2ccccc2)n(C)c1=O. The second kappa shape index (κ2) is 10.2. The molecule has 1 N–H and O–H groups in total. The van der Waals surface area contributed by atoms with Crippen LogP contribution >= 0.6 is 11.8 Å². The molecule has 1 aromatic carbocycles. The van der Waals surface area contributed by atoms with Crippen molar-refractivity contribution in [3.8, 4) is 5.69 Å². The number of piperazine rings is 1. The van der Waals surface area contributed by atoms with Crippen LogP contribution < -0.4 is 16.1 Å². The van der Waals surface area contributed by atoms with Crippen LogP contribution in [0.5, 0.6) is 0 Å². The van der Waals surface area contributed by atoms with Crippen molar-refractivity contribution in [1.82, 2.24) is 43.8 Å². The van der Waals surface area contributed by atoms with E-state index in [9.17, 15) is 14.7 Å². The number of fused-ring (bicyclic) bond motifs is 1. The van der Waals surface area contributed by atoms with E-state index < -0.39 is 5.69 Å². The Morgan fingerprint density at radius 1 is 1.00 bits per heavy atom. The monoisotopic (exact) mass is 512 g/mol. The molecule has 0 atom stereocenters. The number of tetrazole rings is 1. The van der Waals surface area contributed by atoms with E-state index in [-0.39, 0.29) is 12.2 Å². The first-order valence-corrected chi connectivity index (χ1v) is 12.7. The Labute approximate surface area is 210 Å². The maximum absolute atomic E-state index is 13.2. The number of para-hydroxylation sites is 1. The third-order valence-corrected chi connectivity index (χ3v) is 7.29. The fourth-order valence-electron chi connectivity index (χ4n) is 4.43. The first kappa shape index (κ1) is 24.2. The number of hydrogen-bond donors (Lipinski definition) is 1. The molecule has 4 aromatic rings. The molecule has 1 aliphatic heterocycles. The number of aliphatic hydroxyl groups is 1. The molecule has 1 saturated heterocycles. The van der Waals surface area contributed by atoms with Gasteiger partial charge in [0.15, 0.2) is 11.2 Å². The molecule has 190 valence electrons.